The van der Waals surface area contributed by atoms with E-state index < -0.39 is 10.0 Å². The Hall–Kier alpha value is -0.780. The largest absolute Gasteiger partial charge is 0.397 e. The summed E-state index contributed by atoms with van der Waals surface area (Å²) in [6, 6.07) is 4.15. The van der Waals surface area contributed by atoms with Gasteiger partial charge in [0.1, 0.15) is 0 Å². The fourth-order valence-corrected chi connectivity index (χ4v) is 2.58. The molecule has 0 spiro atoms. The van der Waals surface area contributed by atoms with Gasteiger partial charge in [-0.3, -0.25) is 0 Å². The predicted molar refractivity (Wildman–Crippen MR) is 65.9 cm³/mol. The highest BCUT2D eigenvalue weighted by Crippen LogP contribution is 2.22. The van der Waals surface area contributed by atoms with E-state index in [1.165, 1.54) is 18.2 Å². The van der Waals surface area contributed by atoms with Crippen LogP contribution in [0.4, 0.5) is 5.69 Å². The average molecular weight is 263 g/mol. The molecular weight excluding hydrogens is 248 g/mol. The number of nitrogen functional groups attached to an aromatic ring is 1. The zero-order valence-electron chi connectivity index (χ0n) is 9.20. The van der Waals surface area contributed by atoms with Crippen LogP contribution in [-0.4, -0.2) is 14.5 Å². The number of hydrogen-bond donors (Lipinski definition) is 2. The average Bonchev–Trinajstić information content (AvgIpc) is 2.21. The van der Waals surface area contributed by atoms with E-state index in [0.29, 0.717) is 5.02 Å². The Morgan fingerprint density at radius 1 is 1.50 bits per heavy atom. The molecule has 0 saturated heterocycles. The monoisotopic (exact) mass is 262 g/mol. The fourth-order valence-electron chi connectivity index (χ4n) is 1.11. The maximum atomic E-state index is 11.9. The van der Waals surface area contributed by atoms with Crippen LogP contribution in [0.15, 0.2) is 23.1 Å². The van der Waals surface area contributed by atoms with E-state index in [-0.39, 0.29) is 16.6 Å². The van der Waals surface area contributed by atoms with Crippen molar-refractivity contribution in [3.63, 3.8) is 0 Å². The number of halogens is 1. The van der Waals surface area contributed by atoms with E-state index in [4.69, 9.17) is 17.3 Å². The van der Waals surface area contributed by atoms with Crippen molar-refractivity contribution in [3.05, 3.63) is 23.2 Å². The second-order valence-corrected chi connectivity index (χ2v) is 5.74. The highest BCUT2D eigenvalue weighted by atomic mass is 35.5. The molecule has 1 unspecified atom stereocenters. The van der Waals surface area contributed by atoms with Crippen LogP contribution in [0.3, 0.4) is 0 Å². The third-order valence-corrected chi connectivity index (χ3v) is 4.18. The van der Waals surface area contributed by atoms with Gasteiger partial charge in [-0.05, 0) is 31.5 Å². The molecule has 3 N–H and O–H groups in total. The van der Waals surface area contributed by atoms with Crippen LogP contribution in [0.25, 0.3) is 0 Å². The summed E-state index contributed by atoms with van der Waals surface area (Å²) in [6.45, 7) is 3.71. The number of nitrogens with one attached hydrogen (secondary N) is 1. The standard InChI is InChI=1S/C10H15ClN2O2S/c1-3-7(2)13-16(14,15)8-4-5-9(11)10(12)6-8/h4-7,13H,3,12H2,1-2H3. The Morgan fingerprint density at radius 2 is 2.12 bits per heavy atom. The van der Waals surface area contributed by atoms with Gasteiger partial charge in [0.2, 0.25) is 10.0 Å². The topological polar surface area (TPSA) is 72.2 Å². The molecule has 0 aliphatic rings. The number of benzene rings is 1. The molecule has 0 saturated carbocycles. The quantitative estimate of drug-likeness (QED) is 0.816. The first kappa shape index (κ1) is 13.3. The molecule has 1 rings (SSSR count). The summed E-state index contributed by atoms with van der Waals surface area (Å²) in [5, 5.41) is 0.350. The van der Waals surface area contributed by atoms with Gasteiger partial charge in [-0.1, -0.05) is 18.5 Å². The molecule has 6 heteroatoms. The molecule has 0 fully saturated rings. The molecule has 0 amide bonds. The van der Waals surface area contributed by atoms with Gasteiger partial charge < -0.3 is 5.73 Å². The molecule has 1 aromatic carbocycles. The number of nitrogens with two attached hydrogens (primary N) is 1. The molecule has 1 aromatic rings. The van der Waals surface area contributed by atoms with Gasteiger partial charge in [0.25, 0.3) is 0 Å². The van der Waals surface area contributed by atoms with Crippen molar-refractivity contribution in [1.82, 2.24) is 4.72 Å². The molecule has 1 atom stereocenters. The first-order valence-electron chi connectivity index (χ1n) is 4.94. The molecule has 0 aliphatic heterocycles. The molecule has 4 nitrogen and oxygen atoms in total. The van der Waals surface area contributed by atoms with E-state index >= 15 is 0 Å². The highest BCUT2D eigenvalue weighted by molar-refractivity contribution is 7.89. The molecule has 90 valence electrons. The van der Waals surface area contributed by atoms with Gasteiger partial charge in [-0.15, -0.1) is 0 Å². The van der Waals surface area contributed by atoms with Crippen molar-refractivity contribution < 1.29 is 8.42 Å². The summed E-state index contributed by atoms with van der Waals surface area (Å²) in [7, 11) is -3.50. The van der Waals surface area contributed by atoms with Gasteiger partial charge in [-0.2, -0.15) is 0 Å². The molecule has 16 heavy (non-hydrogen) atoms. The maximum Gasteiger partial charge on any atom is 0.240 e. The Bertz CT molecular complexity index is 474. The third-order valence-electron chi connectivity index (χ3n) is 2.25. The van der Waals surface area contributed by atoms with Gasteiger partial charge in [-0.25, -0.2) is 13.1 Å². The summed E-state index contributed by atoms with van der Waals surface area (Å²) >= 11 is 5.72. The number of hydrogen-bond acceptors (Lipinski definition) is 3. The zero-order chi connectivity index (χ0) is 12.3. The lowest BCUT2D eigenvalue weighted by atomic mass is 10.3. The Labute approximate surface area is 101 Å². The minimum Gasteiger partial charge on any atom is -0.397 e. The second-order valence-electron chi connectivity index (χ2n) is 3.61. The highest BCUT2D eigenvalue weighted by Gasteiger charge is 2.17. The van der Waals surface area contributed by atoms with Crippen LogP contribution in [-0.2, 0) is 10.0 Å². The van der Waals surface area contributed by atoms with Crippen LogP contribution in [0.1, 0.15) is 20.3 Å². The summed E-state index contributed by atoms with van der Waals surface area (Å²) in [5.74, 6) is 0. The van der Waals surface area contributed by atoms with E-state index in [1.807, 2.05) is 6.92 Å². The fraction of sp³-hybridized carbons (Fsp3) is 0.400. The van der Waals surface area contributed by atoms with E-state index in [0.717, 1.165) is 6.42 Å². The Morgan fingerprint density at radius 3 is 2.62 bits per heavy atom. The first-order chi connectivity index (χ1) is 7.36. The summed E-state index contributed by atoms with van der Waals surface area (Å²) < 4.78 is 26.3. The summed E-state index contributed by atoms with van der Waals surface area (Å²) in [5.41, 5.74) is 5.81. The molecular formula is C10H15ClN2O2S. The van der Waals surface area contributed by atoms with Crippen molar-refractivity contribution in [2.75, 3.05) is 5.73 Å². The van der Waals surface area contributed by atoms with Crippen molar-refractivity contribution in [2.45, 2.75) is 31.2 Å². The molecule has 0 bridgehead atoms. The van der Waals surface area contributed by atoms with E-state index in [9.17, 15) is 8.42 Å². The minimum absolute atomic E-state index is 0.109. The van der Waals surface area contributed by atoms with Gasteiger partial charge in [0, 0.05) is 6.04 Å². The van der Waals surface area contributed by atoms with Gasteiger partial charge in [0.15, 0.2) is 0 Å². The van der Waals surface area contributed by atoms with Crippen LogP contribution in [0.5, 0.6) is 0 Å². The van der Waals surface area contributed by atoms with Crippen molar-refractivity contribution in [3.8, 4) is 0 Å². The molecule has 0 aliphatic carbocycles. The molecule has 0 aromatic heterocycles. The summed E-state index contributed by atoms with van der Waals surface area (Å²) in [4.78, 5) is 0.134. The van der Waals surface area contributed by atoms with E-state index in [1.54, 1.807) is 6.92 Å². The lowest BCUT2D eigenvalue weighted by Crippen LogP contribution is -2.32. The van der Waals surface area contributed by atoms with Crippen molar-refractivity contribution >= 4 is 27.3 Å². The number of sulfonamides is 1. The first-order valence-corrected chi connectivity index (χ1v) is 6.80. The lowest BCUT2D eigenvalue weighted by Gasteiger charge is -2.12. The van der Waals surface area contributed by atoms with E-state index in [2.05, 4.69) is 4.72 Å². The normalized spacial score (nSPS) is 13.7. The predicted octanol–water partition coefficient (Wildman–Crippen LogP) is 2.00. The minimum atomic E-state index is -3.50. The molecule has 0 heterocycles. The van der Waals surface area contributed by atoms with Crippen molar-refractivity contribution in [2.24, 2.45) is 0 Å². The smallest absolute Gasteiger partial charge is 0.240 e. The zero-order valence-corrected chi connectivity index (χ0v) is 10.8. The van der Waals surface area contributed by atoms with Gasteiger partial charge in [0.05, 0.1) is 15.6 Å². The van der Waals surface area contributed by atoms with Crippen molar-refractivity contribution in [1.29, 1.82) is 0 Å². The Balaban J connectivity index is 3.03. The summed E-state index contributed by atoms with van der Waals surface area (Å²) in [6.07, 6.45) is 0.725. The lowest BCUT2D eigenvalue weighted by molar-refractivity contribution is 0.556. The Kier molecular flexibility index (Phi) is 4.18. The number of anilines is 1. The van der Waals surface area contributed by atoms with Crippen LogP contribution < -0.4 is 10.5 Å². The van der Waals surface area contributed by atoms with Crippen LogP contribution in [0, 0.1) is 0 Å². The second kappa shape index (κ2) is 5.03. The number of rotatable bonds is 4. The van der Waals surface area contributed by atoms with Gasteiger partial charge >= 0.3 is 0 Å². The molecule has 0 radical (unpaired) electrons. The third kappa shape index (κ3) is 3.10. The van der Waals surface area contributed by atoms with Crippen LogP contribution >= 0.6 is 11.6 Å². The maximum absolute atomic E-state index is 11.9. The van der Waals surface area contributed by atoms with Crippen LogP contribution in [0.2, 0.25) is 5.02 Å². The SMILES string of the molecule is CCC(C)NS(=O)(=O)c1ccc(Cl)c(N)c1.